The fourth-order valence-electron chi connectivity index (χ4n) is 2.31. The minimum absolute atomic E-state index is 0.0594. The highest BCUT2D eigenvalue weighted by atomic mass is 16.1. The molecule has 1 aliphatic rings. The van der Waals surface area contributed by atoms with E-state index in [1.54, 1.807) is 24.5 Å². The van der Waals surface area contributed by atoms with Gasteiger partial charge in [0.15, 0.2) is 0 Å². The van der Waals surface area contributed by atoms with Crippen molar-refractivity contribution in [2.24, 2.45) is 11.7 Å². The Balaban J connectivity index is 1.84. The van der Waals surface area contributed by atoms with Crippen molar-refractivity contribution in [3.63, 3.8) is 0 Å². The maximum atomic E-state index is 11.8. The molecule has 0 aromatic carbocycles. The summed E-state index contributed by atoms with van der Waals surface area (Å²) < 4.78 is 0. The smallest absolute Gasteiger partial charge is 0.252 e. The number of amides is 1. The first-order chi connectivity index (χ1) is 8.27. The average Bonchev–Trinajstić information content (AvgIpc) is 2.38. The van der Waals surface area contributed by atoms with Gasteiger partial charge in [-0.3, -0.25) is 9.78 Å². The Morgan fingerprint density at radius 1 is 1.47 bits per heavy atom. The van der Waals surface area contributed by atoms with Gasteiger partial charge in [-0.1, -0.05) is 12.8 Å². The van der Waals surface area contributed by atoms with Gasteiger partial charge in [0.2, 0.25) is 0 Å². The van der Waals surface area contributed by atoms with Crippen molar-refractivity contribution >= 4 is 5.91 Å². The van der Waals surface area contributed by atoms with Gasteiger partial charge in [0.25, 0.3) is 5.91 Å². The van der Waals surface area contributed by atoms with E-state index in [0.29, 0.717) is 18.0 Å². The number of nitrogens with one attached hydrogen (secondary N) is 1. The summed E-state index contributed by atoms with van der Waals surface area (Å²) in [4.78, 5) is 15.7. The van der Waals surface area contributed by atoms with Crippen LogP contribution in [-0.4, -0.2) is 23.5 Å². The van der Waals surface area contributed by atoms with Gasteiger partial charge in [-0.05, 0) is 30.9 Å². The van der Waals surface area contributed by atoms with Crippen LogP contribution in [0.4, 0.5) is 0 Å². The summed E-state index contributed by atoms with van der Waals surface area (Å²) in [5.74, 6) is 0.361. The van der Waals surface area contributed by atoms with Crippen LogP contribution in [0.1, 0.15) is 36.0 Å². The summed E-state index contributed by atoms with van der Waals surface area (Å²) in [6.45, 7) is 0.675. The lowest BCUT2D eigenvalue weighted by Crippen LogP contribution is -2.41. The molecule has 1 heterocycles. The van der Waals surface area contributed by atoms with E-state index in [4.69, 9.17) is 5.73 Å². The summed E-state index contributed by atoms with van der Waals surface area (Å²) in [6, 6.07) is 3.77. The Hall–Kier alpha value is -1.42. The summed E-state index contributed by atoms with van der Waals surface area (Å²) in [5, 5.41) is 2.94. The fraction of sp³-hybridized carbons (Fsp3) is 0.538. The van der Waals surface area contributed by atoms with Crippen molar-refractivity contribution in [1.82, 2.24) is 10.3 Å². The molecule has 1 aliphatic carbocycles. The number of carbonyl (C=O) groups is 1. The molecule has 1 saturated carbocycles. The molecule has 2 rings (SSSR count). The van der Waals surface area contributed by atoms with Gasteiger partial charge < -0.3 is 11.1 Å². The molecule has 0 bridgehead atoms. The SMILES string of the molecule is NC1CCCCC1CNC(=O)c1cccnc1. The van der Waals surface area contributed by atoms with Crippen LogP contribution >= 0.6 is 0 Å². The normalized spacial score (nSPS) is 24.3. The summed E-state index contributed by atoms with van der Waals surface area (Å²) in [7, 11) is 0. The second kappa shape index (κ2) is 5.77. The monoisotopic (exact) mass is 233 g/mol. The molecule has 2 unspecified atom stereocenters. The lowest BCUT2D eigenvalue weighted by Gasteiger charge is -2.28. The molecule has 1 amide bonds. The number of nitrogens with zero attached hydrogens (tertiary/aromatic N) is 1. The maximum Gasteiger partial charge on any atom is 0.252 e. The van der Waals surface area contributed by atoms with Crippen LogP contribution in [0.3, 0.4) is 0 Å². The summed E-state index contributed by atoms with van der Waals surface area (Å²) in [5.41, 5.74) is 6.65. The van der Waals surface area contributed by atoms with Crippen molar-refractivity contribution in [1.29, 1.82) is 0 Å². The van der Waals surface area contributed by atoms with E-state index in [9.17, 15) is 4.79 Å². The van der Waals surface area contributed by atoms with Gasteiger partial charge in [-0.2, -0.15) is 0 Å². The largest absolute Gasteiger partial charge is 0.352 e. The van der Waals surface area contributed by atoms with Gasteiger partial charge in [-0.25, -0.2) is 0 Å². The highest BCUT2D eigenvalue weighted by Crippen LogP contribution is 2.22. The van der Waals surface area contributed by atoms with Crippen LogP contribution in [0.15, 0.2) is 24.5 Å². The minimum Gasteiger partial charge on any atom is -0.352 e. The first kappa shape index (κ1) is 12.0. The summed E-state index contributed by atoms with van der Waals surface area (Å²) in [6.07, 6.45) is 7.88. The Morgan fingerprint density at radius 3 is 3.00 bits per heavy atom. The van der Waals surface area contributed by atoms with Gasteiger partial charge in [0.1, 0.15) is 0 Å². The van der Waals surface area contributed by atoms with Crippen molar-refractivity contribution in [3.8, 4) is 0 Å². The number of hydrogen-bond donors (Lipinski definition) is 2. The highest BCUT2D eigenvalue weighted by Gasteiger charge is 2.22. The number of nitrogens with two attached hydrogens (primary N) is 1. The molecular formula is C13H19N3O. The molecule has 1 aromatic rings. The number of aromatic nitrogens is 1. The van der Waals surface area contributed by atoms with E-state index < -0.39 is 0 Å². The molecule has 4 nitrogen and oxygen atoms in total. The number of rotatable bonds is 3. The number of hydrogen-bond acceptors (Lipinski definition) is 3. The van der Waals surface area contributed by atoms with E-state index in [1.807, 2.05) is 0 Å². The molecule has 0 aliphatic heterocycles. The fourth-order valence-corrected chi connectivity index (χ4v) is 2.31. The topological polar surface area (TPSA) is 68.0 Å². The van der Waals surface area contributed by atoms with Crippen molar-refractivity contribution in [2.75, 3.05) is 6.54 Å². The minimum atomic E-state index is -0.0594. The lowest BCUT2D eigenvalue weighted by atomic mass is 9.85. The van der Waals surface area contributed by atoms with E-state index >= 15 is 0 Å². The van der Waals surface area contributed by atoms with Gasteiger partial charge in [-0.15, -0.1) is 0 Å². The zero-order chi connectivity index (χ0) is 12.1. The Morgan fingerprint density at radius 2 is 2.29 bits per heavy atom. The van der Waals surface area contributed by atoms with Crippen LogP contribution < -0.4 is 11.1 Å². The molecule has 3 N–H and O–H groups in total. The third-order valence-corrected chi connectivity index (χ3v) is 3.42. The van der Waals surface area contributed by atoms with Gasteiger partial charge in [0, 0.05) is 25.0 Å². The highest BCUT2D eigenvalue weighted by molar-refractivity contribution is 5.93. The predicted molar refractivity (Wildman–Crippen MR) is 66.5 cm³/mol. The quantitative estimate of drug-likeness (QED) is 0.827. The second-order valence-corrected chi connectivity index (χ2v) is 4.66. The molecule has 17 heavy (non-hydrogen) atoms. The van der Waals surface area contributed by atoms with E-state index in [-0.39, 0.29) is 11.9 Å². The maximum absolute atomic E-state index is 11.8. The zero-order valence-corrected chi connectivity index (χ0v) is 9.93. The lowest BCUT2D eigenvalue weighted by molar-refractivity contribution is 0.0941. The molecule has 1 fully saturated rings. The molecule has 0 spiro atoms. The van der Waals surface area contributed by atoms with E-state index in [0.717, 1.165) is 12.8 Å². The second-order valence-electron chi connectivity index (χ2n) is 4.66. The molecule has 1 aromatic heterocycles. The first-order valence-corrected chi connectivity index (χ1v) is 6.21. The standard InChI is InChI=1S/C13H19N3O/c14-12-6-2-1-4-10(12)9-16-13(17)11-5-3-7-15-8-11/h3,5,7-8,10,12H,1-2,4,6,9,14H2,(H,16,17). The van der Waals surface area contributed by atoms with Crippen molar-refractivity contribution in [2.45, 2.75) is 31.7 Å². The molecule has 4 heteroatoms. The van der Waals surface area contributed by atoms with Crippen LogP contribution in [0.2, 0.25) is 0 Å². The predicted octanol–water partition coefficient (Wildman–Crippen LogP) is 1.33. The Bertz CT molecular complexity index is 366. The van der Waals surface area contributed by atoms with Crippen molar-refractivity contribution in [3.05, 3.63) is 30.1 Å². The number of pyridine rings is 1. The van der Waals surface area contributed by atoms with Crippen LogP contribution in [0.25, 0.3) is 0 Å². The third kappa shape index (κ3) is 3.27. The molecule has 92 valence electrons. The molecular weight excluding hydrogens is 214 g/mol. The molecule has 0 saturated heterocycles. The Labute approximate surface area is 102 Å². The van der Waals surface area contributed by atoms with Crippen LogP contribution in [0, 0.1) is 5.92 Å². The van der Waals surface area contributed by atoms with Gasteiger partial charge in [0.05, 0.1) is 5.56 Å². The summed E-state index contributed by atoms with van der Waals surface area (Å²) >= 11 is 0. The average molecular weight is 233 g/mol. The van der Waals surface area contributed by atoms with Crippen LogP contribution in [-0.2, 0) is 0 Å². The Kier molecular flexibility index (Phi) is 4.09. The molecule has 2 atom stereocenters. The van der Waals surface area contributed by atoms with E-state index in [1.165, 1.54) is 12.8 Å². The third-order valence-electron chi connectivity index (χ3n) is 3.42. The van der Waals surface area contributed by atoms with Crippen molar-refractivity contribution < 1.29 is 4.79 Å². The van der Waals surface area contributed by atoms with Gasteiger partial charge >= 0.3 is 0 Å². The zero-order valence-electron chi connectivity index (χ0n) is 9.93. The molecule has 0 radical (unpaired) electrons. The first-order valence-electron chi connectivity index (χ1n) is 6.21. The number of carbonyl (C=O) groups excluding carboxylic acids is 1. The van der Waals surface area contributed by atoms with Crippen LogP contribution in [0.5, 0.6) is 0 Å². The van der Waals surface area contributed by atoms with E-state index in [2.05, 4.69) is 10.3 Å².